The molecule has 0 aliphatic heterocycles. The van der Waals surface area contributed by atoms with E-state index in [0.29, 0.717) is 18.8 Å². The van der Waals surface area contributed by atoms with Gasteiger partial charge in [-0.05, 0) is 11.1 Å². The number of rotatable bonds is 6. The second-order valence-corrected chi connectivity index (χ2v) is 4.83. The zero-order valence-corrected chi connectivity index (χ0v) is 12.2. The van der Waals surface area contributed by atoms with Crippen molar-refractivity contribution in [2.45, 2.75) is 19.6 Å². The summed E-state index contributed by atoms with van der Waals surface area (Å²) in [4.78, 5) is 11.9. The lowest BCUT2D eigenvalue weighted by Crippen LogP contribution is -2.25. The van der Waals surface area contributed by atoms with Crippen LogP contribution < -0.4 is 16.6 Å². The smallest absolute Gasteiger partial charge is 0.287 e. The van der Waals surface area contributed by atoms with Crippen molar-refractivity contribution in [3.8, 4) is 0 Å². The van der Waals surface area contributed by atoms with Crippen molar-refractivity contribution < 1.29 is 5.11 Å². The molecule has 7 heteroatoms. The van der Waals surface area contributed by atoms with E-state index in [1.165, 1.54) is 6.20 Å². The highest BCUT2D eigenvalue weighted by Crippen LogP contribution is 2.17. The first-order chi connectivity index (χ1) is 10.2. The van der Waals surface area contributed by atoms with Crippen molar-refractivity contribution in [1.29, 1.82) is 0 Å². The Morgan fingerprint density at radius 2 is 2.05 bits per heavy atom. The van der Waals surface area contributed by atoms with Gasteiger partial charge >= 0.3 is 0 Å². The molecule has 1 aromatic heterocycles. The number of halogens is 1. The lowest BCUT2D eigenvalue weighted by atomic mass is 10.1. The number of benzene rings is 1. The molecule has 6 nitrogen and oxygen atoms in total. The largest absolute Gasteiger partial charge is 0.394 e. The van der Waals surface area contributed by atoms with Crippen molar-refractivity contribution in [2.24, 2.45) is 5.73 Å². The summed E-state index contributed by atoms with van der Waals surface area (Å²) in [5.74, 6) is 0. The van der Waals surface area contributed by atoms with Crippen LogP contribution in [-0.2, 0) is 19.6 Å². The maximum Gasteiger partial charge on any atom is 0.287 e. The predicted octanol–water partition coefficient (Wildman–Crippen LogP) is 0.960. The van der Waals surface area contributed by atoms with Gasteiger partial charge in [-0.15, -0.1) is 0 Å². The van der Waals surface area contributed by atoms with E-state index in [2.05, 4.69) is 10.4 Å². The SMILES string of the molecule is NCc1ccccc1CNc1cnn(CCO)c(=O)c1Cl. The van der Waals surface area contributed by atoms with Crippen molar-refractivity contribution in [3.63, 3.8) is 0 Å². The summed E-state index contributed by atoms with van der Waals surface area (Å²) in [5, 5.41) is 15.9. The molecular formula is C14H17ClN4O2. The van der Waals surface area contributed by atoms with Crippen molar-refractivity contribution in [2.75, 3.05) is 11.9 Å². The number of nitrogens with zero attached hydrogens (tertiary/aromatic N) is 2. The molecule has 4 N–H and O–H groups in total. The molecule has 0 radical (unpaired) electrons. The van der Waals surface area contributed by atoms with Gasteiger partial charge in [-0.2, -0.15) is 5.10 Å². The number of nitrogens with one attached hydrogen (secondary N) is 1. The summed E-state index contributed by atoms with van der Waals surface area (Å²) in [6.07, 6.45) is 1.48. The molecule has 21 heavy (non-hydrogen) atoms. The van der Waals surface area contributed by atoms with Crippen molar-refractivity contribution in [1.82, 2.24) is 9.78 Å². The van der Waals surface area contributed by atoms with E-state index in [-0.39, 0.29) is 18.2 Å². The third-order valence-corrected chi connectivity index (χ3v) is 3.47. The number of aromatic nitrogens is 2. The lowest BCUT2D eigenvalue weighted by Gasteiger charge is -2.12. The maximum absolute atomic E-state index is 11.9. The topological polar surface area (TPSA) is 93.2 Å². The summed E-state index contributed by atoms with van der Waals surface area (Å²) >= 11 is 6.03. The Hall–Kier alpha value is -1.89. The van der Waals surface area contributed by atoms with E-state index in [1.807, 2.05) is 24.3 Å². The molecule has 2 aromatic rings. The molecule has 0 saturated carbocycles. The van der Waals surface area contributed by atoms with Gasteiger partial charge in [-0.25, -0.2) is 4.68 Å². The van der Waals surface area contributed by atoms with Gasteiger partial charge in [0.1, 0.15) is 5.02 Å². The Kier molecular flexibility index (Phi) is 5.32. The highest BCUT2D eigenvalue weighted by molar-refractivity contribution is 6.32. The van der Waals surface area contributed by atoms with Crippen LogP contribution in [0.25, 0.3) is 0 Å². The van der Waals surface area contributed by atoms with Crippen LogP contribution in [0.5, 0.6) is 0 Å². The first kappa shape index (κ1) is 15.5. The van der Waals surface area contributed by atoms with E-state index in [4.69, 9.17) is 22.4 Å². The average molecular weight is 309 g/mol. The predicted molar refractivity (Wildman–Crippen MR) is 82.3 cm³/mol. The fourth-order valence-corrected chi connectivity index (χ4v) is 2.18. The Balaban J connectivity index is 2.17. The zero-order chi connectivity index (χ0) is 15.2. The van der Waals surface area contributed by atoms with Gasteiger partial charge in [0.15, 0.2) is 0 Å². The molecule has 0 amide bonds. The van der Waals surface area contributed by atoms with Gasteiger partial charge in [0.25, 0.3) is 5.56 Å². The summed E-state index contributed by atoms with van der Waals surface area (Å²) in [6, 6.07) is 7.77. The minimum absolute atomic E-state index is 0.0590. The van der Waals surface area contributed by atoms with Gasteiger partial charge < -0.3 is 16.2 Å². The summed E-state index contributed by atoms with van der Waals surface area (Å²) in [7, 11) is 0. The van der Waals surface area contributed by atoms with Crippen molar-refractivity contribution >= 4 is 17.3 Å². The number of aliphatic hydroxyl groups excluding tert-OH is 1. The van der Waals surface area contributed by atoms with Crippen LogP contribution in [0.2, 0.25) is 5.02 Å². The second-order valence-electron chi connectivity index (χ2n) is 4.45. The first-order valence-electron chi connectivity index (χ1n) is 6.54. The summed E-state index contributed by atoms with van der Waals surface area (Å²) in [6.45, 7) is 0.898. The Morgan fingerprint density at radius 1 is 1.33 bits per heavy atom. The highest BCUT2D eigenvalue weighted by atomic mass is 35.5. The monoisotopic (exact) mass is 308 g/mol. The normalized spacial score (nSPS) is 10.6. The van der Waals surface area contributed by atoms with Gasteiger partial charge in [0.05, 0.1) is 25.0 Å². The van der Waals surface area contributed by atoms with Crippen LogP contribution in [0.15, 0.2) is 35.3 Å². The van der Waals surface area contributed by atoms with Crippen LogP contribution in [0.4, 0.5) is 5.69 Å². The number of hydrogen-bond donors (Lipinski definition) is 3. The van der Waals surface area contributed by atoms with E-state index >= 15 is 0 Å². The quantitative estimate of drug-likeness (QED) is 0.739. The Labute approximate surface area is 127 Å². The molecule has 0 unspecified atom stereocenters. The first-order valence-corrected chi connectivity index (χ1v) is 6.92. The third-order valence-electron chi connectivity index (χ3n) is 3.10. The third kappa shape index (κ3) is 3.60. The second kappa shape index (κ2) is 7.21. The lowest BCUT2D eigenvalue weighted by molar-refractivity contribution is 0.266. The molecule has 112 valence electrons. The minimum atomic E-state index is -0.428. The molecule has 0 aliphatic rings. The summed E-state index contributed by atoms with van der Waals surface area (Å²) < 4.78 is 1.13. The molecule has 1 heterocycles. The van der Waals surface area contributed by atoms with Crippen LogP contribution in [-0.4, -0.2) is 21.5 Å². The highest BCUT2D eigenvalue weighted by Gasteiger charge is 2.09. The average Bonchev–Trinajstić information content (AvgIpc) is 2.51. The number of anilines is 1. The van der Waals surface area contributed by atoms with Crippen LogP contribution >= 0.6 is 11.6 Å². The zero-order valence-electron chi connectivity index (χ0n) is 11.4. The number of aliphatic hydroxyl groups is 1. The maximum atomic E-state index is 11.9. The summed E-state index contributed by atoms with van der Waals surface area (Å²) in [5.41, 5.74) is 7.78. The molecule has 0 bridgehead atoms. The minimum Gasteiger partial charge on any atom is -0.394 e. The van der Waals surface area contributed by atoms with Gasteiger partial charge in [-0.3, -0.25) is 4.79 Å². The molecule has 0 atom stereocenters. The molecule has 0 saturated heterocycles. The number of nitrogens with two attached hydrogens (primary N) is 1. The van der Waals surface area contributed by atoms with Gasteiger partial charge in [-0.1, -0.05) is 35.9 Å². The molecule has 0 aliphatic carbocycles. The Bertz CT molecular complexity index is 672. The van der Waals surface area contributed by atoms with E-state index in [1.54, 1.807) is 0 Å². The molecular weight excluding hydrogens is 292 g/mol. The van der Waals surface area contributed by atoms with Crippen molar-refractivity contribution in [3.05, 3.63) is 57.0 Å². The van der Waals surface area contributed by atoms with Crippen LogP contribution in [0, 0.1) is 0 Å². The van der Waals surface area contributed by atoms with E-state index in [9.17, 15) is 4.79 Å². The van der Waals surface area contributed by atoms with E-state index < -0.39 is 5.56 Å². The molecule has 0 spiro atoms. The van der Waals surface area contributed by atoms with Crippen LogP contribution in [0.3, 0.4) is 0 Å². The molecule has 2 rings (SSSR count). The molecule has 0 fully saturated rings. The molecule has 1 aromatic carbocycles. The standard InChI is InChI=1S/C14H17ClN4O2/c15-13-12(9-18-19(5-6-20)14(13)21)17-8-11-4-2-1-3-10(11)7-16/h1-4,9,17,20H,5-8,16H2. The fraction of sp³-hybridized carbons (Fsp3) is 0.286. The van der Waals surface area contributed by atoms with E-state index in [0.717, 1.165) is 15.8 Å². The Morgan fingerprint density at radius 3 is 2.71 bits per heavy atom. The number of hydrogen-bond acceptors (Lipinski definition) is 5. The fourth-order valence-electron chi connectivity index (χ4n) is 1.96. The van der Waals surface area contributed by atoms with Gasteiger partial charge in [0, 0.05) is 13.1 Å². The van der Waals surface area contributed by atoms with Crippen LogP contribution in [0.1, 0.15) is 11.1 Å². The van der Waals surface area contributed by atoms with Gasteiger partial charge in [0.2, 0.25) is 0 Å².